The molecule has 0 aliphatic heterocycles. The first-order chi connectivity index (χ1) is 9.83. The lowest BCUT2D eigenvalue weighted by Crippen LogP contribution is -2.08. The molecule has 0 bridgehead atoms. The van der Waals surface area contributed by atoms with Crippen molar-refractivity contribution in [2.75, 3.05) is 12.8 Å². The number of ether oxygens (including phenoxy) is 1. The van der Waals surface area contributed by atoms with Crippen LogP contribution < -0.4 is 10.5 Å². The zero-order valence-electron chi connectivity index (χ0n) is 11.1. The van der Waals surface area contributed by atoms with E-state index in [9.17, 15) is 8.42 Å². The molecule has 21 heavy (non-hydrogen) atoms. The lowest BCUT2D eigenvalue weighted by atomic mass is 10.2. The molecular formula is C14H13BrClNO3S. The number of anilines is 1. The second kappa shape index (κ2) is 6.25. The van der Waals surface area contributed by atoms with Crippen LogP contribution in [-0.4, -0.2) is 15.5 Å². The van der Waals surface area contributed by atoms with Crippen molar-refractivity contribution >= 4 is 43.1 Å². The monoisotopic (exact) mass is 389 g/mol. The minimum atomic E-state index is -3.61. The minimum Gasteiger partial charge on any atom is -0.497 e. The third kappa shape index (κ3) is 3.70. The number of sulfone groups is 1. The van der Waals surface area contributed by atoms with Crippen LogP contribution in [0.2, 0.25) is 5.02 Å². The lowest BCUT2D eigenvalue weighted by molar-refractivity contribution is 0.414. The largest absolute Gasteiger partial charge is 0.497 e. The Kier molecular flexibility index (Phi) is 4.81. The van der Waals surface area contributed by atoms with Gasteiger partial charge in [-0.1, -0.05) is 27.5 Å². The first kappa shape index (κ1) is 16.1. The summed E-state index contributed by atoms with van der Waals surface area (Å²) in [5.74, 6) is 0.387. The zero-order valence-corrected chi connectivity index (χ0v) is 14.3. The second-order valence-corrected chi connectivity index (χ2v) is 7.65. The summed E-state index contributed by atoms with van der Waals surface area (Å²) in [5.41, 5.74) is 6.52. The van der Waals surface area contributed by atoms with Gasteiger partial charge in [0.25, 0.3) is 0 Å². The molecule has 112 valence electrons. The Labute approximate surface area is 136 Å². The predicted molar refractivity (Wildman–Crippen MR) is 87.4 cm³/mol. The Morgan fingerprint density at radius 3 is 2.62 bits per heavy atom. The summed E-state index contributed by atoms with van der Waals surface area (Å²) < 4.78 is 30.9. The zero-order chi connectivity index (χ0) is 15.6. The lowest BCUT2D eigenvalue weighted by Gasteiger charge is -2.10. The van der Waals surface area contributed by atoms with E-state index in [1.54, 1.807) is 24.3 Å². The molecule has 0 aliphatic carbocycles. The SMILES string of the molecule is COc1ccc(Br)c(CS(=O)(=O)c2cc(Cl)ccc2N)c1. The van der Waals surface area contributed by atoms with Gasteiger partial charge < -0.3 is 10.5 Å². The summed E-state index contributed by atoms with van der Waals surface area (Å²) in [6.07, 6.45) is 0. The average molecular weight is 391 g/mol. The van der Waals surface area contributed by atoms with E-state index < -0.39 is 9.84 Å². The van der Waals surface area contributed by atoms with Crippen LogP contribution >= 0.6 is 27.5 Å². The number of nitrogens with two attached hydrogens (primary N) is 1. The fraction of sp³-hybridized carbons (Fsp3) is 0.143. The highest BCUT2D eigenvalue weighted by Gasteiger charge is 2.20. The van der Waals surface area contributed by atoms with Crippen LogP contribution in [0.4, 0.5) is 5.69 Å². The van der Waals surface area contributed by atoms with Crippen molar-refractivity contribution in [1.82, 2.24) is 0 Å². The molecule has 0 spiro atoms. The van der Waals surface area contributed by atoms with Crippen LogP contribution in [-0.2, 0) is 15.6 Å². The molecule has 0 heterocycles. The molecular weight excluding hydrogens is 378 g/mol. The Morgan fingerprint density at radius 2 is 1.95 bits per heavy atom. The highest BCUT2D eigenvalue weighted by molar-refractivity contribution is 9.10. The van der Waals surface area contributed by atoms with E-state index in [0.717, 1.165) is 0 Å². The highest BCUT2D eigenvalue weighted by atomic mass is 79.9. The Morgan fingerprint density at radius 1 is 1.24 bits per heavy atom. The molecule has 0 atom stereocenters. The van der Waals surface area contributed by atoms with E-state index >= 15 is 0 Å². The van der Waals surface area contributed by atoms with Crippen molar-refractivity contribution in [1.29, 1.82) is 0 Å². The molecule has 2 aromatic carbocycles. The maximum atomic E-state index is 12.5. The Hall–Kier alpha value is -1.24. The van der Waals surface area contributed by atoms with Crippen LogP contribution in [0.15, 0.2) is 45.8 Å². The maximum Gasteiger partial charge on any atom is 0.184 e. The van der Waals surface area contributed by atoms with E-state index in [1.165, 1.54) is 19.2 Å². The van der Waals surface area contributed by atoms with Crippen molar-refractivity contribution in [2.24, 2.45) is 0 Å². The number of halogens is 2. The van der Waals surface area contributed by atoms with Gasteiger partial charge in [0.15, 0.2) is 9.84 Å². The van der Waals surface area contributed by atoms with Gasteiger partial charge >= 0.3 is 0 Å². The van der Waals surface area contributed by atoms with Gasteiger partial charge in [0.1, 0.15) is 5.75 Å². The summed E-state index contributed by atoms with van der Waals surface area (Å²) in [6, 6.07) is 9.55. The van der Waals surface area contributed by atoms with Crippen LogP contribution in [0.1, 0.15) is 5.56 Å². The second-order valence-electron chi connectivity index (χ2n) is 4.40. The van der Waals surface area contributed by atoms with Gasteiger partial charge in [-0.2, -0.15) is 0 Å². The summed E-state index contributed by atoms with van der Waals surface area (Å²) in [5, 5.41) is 0.326. The quantitative estimate of drug-likeness (QED) is 0.809. The number of nitrogen functional groups attached to an aromatic ring is 1. The van der Waals surface area contributed by atoms with E-state index in [2.05, 4.69) is 15.9 Å². The topological polar surface area (TPSA) is 69.4 Å². The molecule has 0 aromatic heterocycles. The van der Waals surface area contributed by atoms with Gasteiger partial charge in [-0.3, -0.25) is 0 Å². The van der Waals surface area contributed by atoms with E-state index in [0.29, 0.717) is 20.8 Å². The summed E-state index contributed by atoms with van der Waals surface area (Å²) in [4.78, 5) is 0.0321. The molecule has 0 unspecified atom stereocenters. The third-order valence-corrected chi connectivity index (χ3v) is 5.63. The fourth-order valence-electron chi connectivity index (χ4n) is 1.85. The van der Waals surface area contributed by atoms with E-state index in [1.807, 2.05) is 0 Å². The fourth-order valence-corrected chi connectivity index (χ4v) is 4.20. The third-order valence-electron chi connectivity index (χ3n) is 2.91. The first-order valence-corrected chi connectivity index (χ1v) is 8.76. The smallest absolute Gasteiger partial charge is 0.184 e. The number of hydrogen-bond acceptors (Lipinski definition) is 4. The maximum absolute atomic E-state index is 12.5. The molecule has 2 N–H and O–H groups in total. The van der Waals surface area contributed by atoms with Gasteiger partial charge in [0.05, 0.1) is 23.4 Å². The van der Waals surface area contributed by atoms with Crippen molar-refractivity contribution in [3.63, 3.8) is 0 Å². The molecule has 0 saturated heterocycles. The van der Waals surface area contributed by atoms with E-state index in [4.69, 9.17) is 22.1 Å². The number of hydrogen-bond donors (Lipinski definition) is 1. The number of methoxy groups -OCH3 is 1. The van der Waals surface area contributed by atoms with Gasteiger partial charge in [-0.25, -0.2) is 8.42 Å². The molecule has 0 fully saturated rings. The van der Waals surface area contributed by atoms with Gasteiger partial charge in [0, 0.05) is 9.50 Å². The molecule has 0 radical (unpaired) electrons. The average Bonchev–Trinajstić information content (AvgIpc) is 2.43. The van der Waals surface area contributed by atoms with Crippen molar-refractivity contribution < 1.29 is 13.2 Å². The summed E-state index contributed by atoms with van der Waals surface area (Å²) in [7, 11) is -2.08. The van der Waals surface area contributed by atoms with Crippen molar-refractivity contribution in [2.45, 2.75) is 10.6 Å². The van der Waals surface area contributed by atoms with Crippen molar-refractivity contribution in [3.05, 3.63) is 51.5 Å². The van der Waals surface area contributed by atoms with Crippen molar-refractivity contribution in [3.8, 4) is 5.75 Å². The standard InChI is InChI=1S/C14H13BrClNO3S/c1-20-11-3-4-12(15)9(6-11)8-21(18,19)14-7-10(16)2-5-13(14)17/h2-7H,8,17H2,1H3. The van der Waals surface area contributed by atoms with Gasteiger partial charge in [-0.05, 0) is 42.0 Å². The van der Waals surface area contributed by atoms with Gasteiger partial charge in [0.2, 0.25) is 0 Å². The summed E-state index contributed by atoms with van der Waals surface area (Å²) >= 11 is 9.20. The highest BCUT2D eigenvalue weighted by Crippen LogP contribution is 2.29. The number of rotatable bonds is 4. The first-order valence-electron chi connectivity index (χ1n) is 5.93. The molecule has 2 aromatic rings. The number of benzene rings is 2. The molecule has 0 aliphatic rings. The van der Waals surface area contributed by atoms with Crippen LogP contribution in [0.25, 0.3) is 0 Å². The van der Waals surface area contributed by atoms with Crippen LogP contribution in [0, 0.1) is 0 Å². The Bertz CT molecular complexity index is 778. The molecule has 7 heteroatoms. The molecule has 0 amide bonds. The van der Waals surface area contributed by atoms with E-state index in [-0.39, 0.29) is 16.3 Å². The Balaban J connectivity index is 2.44. The summed E-state index contributed by atoms with van der Waals surface area (Å²) in [6.45, 7) is 0. The minimum absolute atomic E-state index is 0.0321. The predicted octanol–water partition coefficient (Wildman–Crippen LogP) is 3.67. The molecule has 4 nitrogen and oxygen atoms in total. The van der Waals surface area contributed by atoms with Gasteiger partial charge in [-0.15, -0.1) is 0 Å². The molecule has 2 rings (SSSR count). The van der Waals surface area contributed by atoms with Crippen LogP contribution in [0.5, 0.6) is 5.75 Å². The normalized spacial score (nSPS) is 11.4. The van der Waals surface area contributed by atoms with Crippen LogP contribution in [0.3, 0.4) is 0 Å². The molecule has 0 saturated carbocycles.